The van der Waals surface area contributed by atoms with Crippen molar-refractivity contribution in [1.29, 1.82) is 0 Å². The number of amides is 2. The van der Waals surface area contributed by atoms with Crippen LogP contribution in [0.25, 0.3) is 0 Å². The Kier molecular flexibility index (Phi) is 6.53. The minimum absolute atomic E-state index is 0.0778. The number of carbonyl (C=O) groups is 2. The van der Waals surface area contributed by atoms with Crippen LogP contribution in [0.4, 0.5) is 9.59 Å². The lowest BCUT2D eigenvalue weighted by Crippen LogP contribution is -2.35. The van der Waals surface area contributed by atoms with Crippen molar-refractivity contribution >= 4 is 12.2 Å². The number of imide groups is 1. The largest absolute Gasteiger partial charge is 0.465 e. The molecule has 0 bridgehead atoms. The van der Waals surface area contributed by atoms with Gasteiger partial charge in [-0.3, -0.25) is 0 Å². The lowest BCUT2D eigenvalue weighted by Gasteiger charge is -2.12. The predicted octanol–water partition coefficient (Wildman–Crippen LogP) is 2.61. The second kappa shape index (κ2) is 7.17. The van der Waals surface area contributed by atoms with Crippen LogP contribution in [0.1, 0.15) is 39.0 Å². The molecule has 0 aliphatic rings. The molecule has 0 aromatic rings. The van der Waals surface area contributed by atoms with Gasteiger partial charge in [-0.2, -0.15) is 0 Å². The molecule has 2 amide bonds. The maximum Gasteiger partial charge on any atom is 0.416 e. The predicted molar refractivity (Wildman–Crippen MR) is 51.5 cm³/mol. The molecule has 82 valence electrons. The molecule has 0 saturated heterocycles. The van der Waals surface area contributed by atoms with Crippen molar-refractivity contribution in [3.8, 4) is 0 Å². The first kappa shape index (κ1) is 12.7. The second-order valence-corrected chi connectivity index (χ2v) is 3.13. The molecular weight excluding hydrogens is 186 g/mol. The zero-order chi connectivity index (χ0) is 11.0. The summed E-state index contributed by atoms with van der Waals surface area (Å²) in [4.78, 5) is 21.2. The Morgan fingerprint density at radius 1 is 1.00 bits per heavy atom. The summed E-state index contributed by atoms with van der Waals surface area (Å²) in [6.07, 6.45) is 1.95. The highest BCUT2D eigenvalue weighted by Gasteiger charge is 2.18. The van der Waals surface area contributed by atoms with E-state index < -0.39 is 12.2 Å². The molecule has 0 aromatic carbocycles. The minimum atomic E-state index is -1.40. The number of carboxylic acid groups (broad SMARTS) is 2. The zero-order valence-electron chi connectivity index (χ0n) is 8.40. The molecule has 0 aliphatic heterocycles. The van der Waals surface area contributed by atoms with Crippen LogP contribution in [0.15, 0.2) is 0 Å². The minimum Gasteiger partial charge on any atom is -0.465 e. The zero-order valence-corrected chi connectivity index (χ0v) is 8.40. The van der Waals surface area contributed by atoms with Crippen LogP contribution in [0.5, 0.6) is 0 Å². The third-order valence-electron chi connectivity index (χ3n) is 1.95. The molecule has 0 rings (SSSR count). The summed E-state index contributed by atoms with van der Waals surface area (Å²) in [5, 5.41) is 17.0. The fraction of sp³-hybridized carbons (Fsp3) is 0.778. The van der Waals surface area contributed by atoms with Gasteiger partial charge in [-0.05, 0) is 6.42 Å². The summed E-state index contributed by atoms with van der Waals surface area (Å²) in [5.41, 5.74) is 0. The lowest BCUT2D eigenvalue weighted by atomic mass is 10.1. The van der Waals surface area contributed by atoms with Crippen LogP contribution in [0.2, 0.25) is 0 Å². The first-order chi connectivity index (χ1) is 6.59. The summed E-state index contributed by atoms with van der Waals surface area (Å²) in [5.74, 6) is 0. The topological polar surface area (TPSA) is 77.8 Å². The third-order valence-corrected chi connectivity index (χ3v) is 1.95. The van der Waals surface area contributed by atoms with Gasteiger partial charge in [-0.15, -0.1) is 0 Å². The Labute approximate surface area is 83.3 Å². The molecule has 0 spiro atoms. The van der Waals surface area contributed by atoms with E-state index in [0.717, 1.165) is 25.7 Å². The average molecular weight is 203 g/mol. The van der Waals surface area contributed by atoms with Crippen molar-refractivity contribution in [2.75, 3.05) is 6.54 Å². The van der Waals surface area contributed by atoms with Crippen molar-refractivity contribution in [3.05, 3.63) is 0 Å². The van der Waals surface area contributed by atoms with Crippen molar-refractivity contribution < 1.29 is 19.8 Å². The van der Waals surface area contributed by atoms with Gasteiger partial charge < -0.3 is 10.2 Å². The fourth-order valence-corrected chi connectivity index (χ4v) is 1.15. The summed E-state index contributed by atoms with van der Waals surface area (Å²) in [7, 11) is 0. The van der Waals surface area contributed by atoms with E-state index in [1.165, 1.54) is 0 Å². The first-order valence-electron chi connectivity index (χ1n) is 4.83. The highest BCUT2D eigenvalue weighted by atomic mass is 16.4. The Hall–Kier alpha value is -1.26. The Balaban J connectivity index is 3.62. The number of unbranched alkanes of at least 4 members (excludes halogenated alkanes) is 4. The van der Waals surface area contributed by atoms with Gasteiger partial charge in [0.1, 0.15) is 0 Å². The van der Waals surface area contributed by atoms with Crippen molar-refractivity contribution in [3.63, 3.8) is 0 Å². The van der Waals surface area contributed by atoms with Crippen LogP contribution in [-0.4, -0.2) is 33.8 Å². The van der Waals surface area contributed by atoms with Crippen LogP contribution < -0.4 is 0 Å². The van der Waals surface area contributed by atoms with Gasteiger partial charge in [-0.25, -0.2) is 14.5 Å². The highest BCUT2D eigenvalue weighted by Crippen LogP contribution is 2.04. The van der Waals surface area contributed by atoms with E-state index in [4.69, 9.17) is 10.2 Å². The van der Waals surface area contributed by atoms with E-state index in [-0.39, 0.29) is 6.54 Å². The van der Waals surface area contributed by atoms with Gasteiger partial charge in [0, 0.05) is 6.54 Å². The quantitative estimate of drug-likeness (QED) is 0.650. The molecule has 5 nitrogen and oxygen atoms in total. The van der Waals surface area contributed by atoms with Gasteiger partial charge in [-0.1, -0.05) is 32.6 Å². The smallest absolute Gasteiger partial charge is 0.416 e. The van der Waals surface area contributed by atoms with E-state index in [1.807, 2.05) is 0 Å². The van der Waals surface area contributed by atoms with Gasteiger partial charge in [0.2, 0.25) is 0 Å². The molecule has 0 radical (unpaired) electrons. The Morgan fingerprint density at radius 3 is 1.93 bits per heavy atom. The molecule has 0 unspecified atom stereocenters. The third kappa shape index (κ3) is 5.40. The van der Waals surface area contributed by atoms with E-state index >= 15 is 0 Å². The molecule has 0 aliphatic carbocycles. The summed E-state index contributed by atoms with van der Waals surface area (Å²) in [6.45, 7) is 2.16. The Bertz CT molecular complexity index is 179. The number of hydrogen-bond acceptors (Lipinski definition) is 2. The fourth-order valence-electron chi connectivity index (χ4n) is 1.15. The first-order valence-corrected chi connectivity index (χ1v) is 4.83. The van der Waals surface area contributed by atoms with Crippen LogP contribution >= 0.6 is 0 Å². The van der Waals surface area contributed by atoms with Crippen molar-refractivity contribution in [2.24, 2.45) is 0 Å². The number of rotatable bonds is 6. The lowest BCUT2D eigenvalue weighted by molar-refractivity contribution is 0.122. The number of hydrogen-bond donors (Lipinski definition) is 2. The molecule has 5 heteroatoms. The average Bonchev–Trinajstić information content (AvgIpc) is 2.09. The van der Waals surface area contributed by atoms with Crippen molar-refractivity contribution in [2.45, 2.75) is 39.0 Å². The van der Waals surface area contributed by atoms with E-state index in [2.05, 4.69) is 6.92 Å². The number of nitrogens with zero attached hydrogens (tertiary/aromatic N) is 1. The van der Waals surface area contributed by atoms with E-state index in [1.54, 1.807) is 0 Å². The standard InChI is InChI=1S/C9H17NO4/c1-2-3-4-5-6-7-10(8(11)12)9(13)14/h2-7H2,1H3,(H,11,12)(H,13,14). The maximum atomic E-state index is 10.4. The van der Waals surface area contributed by atoms with Crippen LogP contribution in [0.3, 0.4) is 0 Å². The van der Waals surface area contributed by atoms with Gasteiger partial charge in [0.15, 0.2) is 0 Å². The molecule has 2 N–H and O–H groups in total. The molecule has 0 heterocycles. The molecule has 0 atom stereocenters. The van der Waals surface area contributed by atoms with Gasteiger partial charge in [0.05, 0.1) is 0 Å². The van der Waals surface area contributed by atoms with Gasteiger partial charge in [0.25, 0.3) is 0 Å². The van der Waals surface area contributed by atoms with Gasteiger partial charge >= 0.3 is 12.2 Å². The normalized spacial score (nSPS) is 9.79. The highest BCUT2D eigenvalue weighted by molar-refractivity contribution is 5.85. The summed E-state index contributed by atoms with van der Waals surface area (Å²) in [6, 6.07) is 0. The molecule has 14 heavy (non-hydrogen) atoms. The monoisotopic (exact) mass is 203 g/mol. The molecule has 0 saturated carbocycles. The second-order valence-electron chi connectivity index (χ2n) is 3.13. The molecule has 0 fully saturated rings. The van der Waals surface area contributed by atoms with E-state index in [0.29, 0.717) is 11.3 Å². The summed E-state index contributed by atoms with van der Waals surface area (Å²) < 4.78 is 0. The SMILES string of the molecule is CCCCCCCN(C(=O)O)C(=O)O. The summed E-state index contributed by atoms with van der Waals surface area (Å²) >= 11 is 0. The van der Waals surface area contributed by atoms with Crippen molar-refractivity contribution in [1.82, 2.24) is 4.90 Å². The molecule has 0 aromatic heterocycles. The Morgan fingerprint density at radius 2 is 1.50 bits per heavy atom. The van der Waals surface area contributed by atoms with Crippen LogP contribution in [-0.2, 0) is 0 Å². The van der Waals surface area contributed by atoms with Crippen LogP contribution in [0, 0.1) is 0 Å². The maximum absolute atomic E-state index is 10.4. The molecular formula is C9H17NO4. The van der Waals surface area contributed by atoms with E-state index in [9.17, 15) is 9.59 Å².